The van der Waals surface area contributed by atoms with Gasteiger partial charge in [0.25, 0.3) is 0 Å². The lowest BCUT2D eigenvalue weighted by molar-refractivity contribution is -0.0234. The Kier molecular flexibility index (Phi) is 7.20. The first-order chi connectivity index (χ1) is 8.53. The van der Waals surface area contributed by atoms with Gasteiger partial charge in [-0.05, 0) is 43.6 Å². The minimum absolute atomic E-state index is 0.457. The Balaban J connectivity index is 2.04. The highest BCUT2D eigenvalue weighted by Gasteiger charge is 2.32. The Morgan fingerprint density at radius 3 is 2.61 bits per heavy atom. The van der Waals surface area contributed by atoms with Crippen molar-refractivity contribution >= 4 is 0 Å². The molecule has 1 N–H and O–H groups in total. The molecular formula is C15H31NO2. The van der Waals surface area contributed by atoms with Gasteiger partial charge in [-0.25, -0.2) is 0 Å². The molecule has 0 aromatic carbocycles. The SMILES string of the molecule is COCCNCCCOC1CC(C)CC(C)(C)C1. The number of hydrogen-bond acceptors (Lipinski definition) is 3. The molecule has 2 atom stereocenters. The molecule has 0 spiro atoms. The maximum atomic E-state index is 6.02. The summed E-state index contributed by atoms with van der Waals surface area (Å²) in [5, 5.41) is 3.34. The van der Waals surface area contributed by atoms with Crippen LogP contribution in [0.5, 0.6) is 0 Å². The molecule has 1 fully saturated rings. The molecule has 0 aromatic rings. The fourth-order valence-corrected chi connectivity index (χ4v) is 3.13. The fourth-order valence-electron chi connectivity index (χ4n) is 3.13. The van der Waals surface area contributed by atoms with E-state index in [0.29, 0.717) is 11.5 Å². The van der Waals surface area contributed by atoms with Gasteiger partial charge in [0.05, 0.1) is 12.7 Å². The quantitative estimate of drug-likeness (QED) is 0.678. The smallest absolute Gasteiger partial charge is 0.0587 e. The summed E-state index contributed by atoms with van der Waals surface area (Å²) in [6, 6.07) is 0. The Bertz CT molecular complexity index is 219. The summed E-state index contributed by atoms with van der Waals surface area (Å²) in [6.07, 6.45) is 5.36. The van der Waals surface area contributed by atoms with E-state index in [-0.39, 0.29) is 0 Å². The van der Waals surface area contributed by atoms with E-state index in [2.05, 4.69) is 26.1 Å². The van der Waals surface area contributed by atoms with E-state index < -0.39 is 0 Å². The predicted molar refractivity (Wildman–Crippen MR) is 75.9 cm³/mol. The highest BCUT2D eigenvalue weighted by Crippen LogP contribution is 2.39. The van der Waals surface area contributed by atoms with Crippen molar-refractivity contribution in [1.29, 1.82) is 0 Å². The first-order valence-corrected chi connectivity index (χ1v) is 7.35. The molecule has 2 unspecified atom stereocenters. The Morgan fingerprint density at radius 2 is 1.94 bits per heavy atom. The van der Waals surface area contributed by atoms with Gasteiger partial charge in [0.1, 0.15) is 0 Å². The van der Waals surface area contributed by atoms with Crippen LogP contribution in [0.4, 0.5) is 0 Å². The lowest BCUT2D eigenvalue weighted by Gasteiger charge is -2.38. The second kappa shape index (κ2) is 8.13. The van der Waals surface area contributed by atoms with Crippen LogP contribution in [0.3, 0.4) is 0 Å². The van der Waals surface area contributed by atoms with E-state index in [4.69, 9.17) is 9.47 Å². The highest BCUT2D eigenvalue weighted by molar-refractivity contribution is 4.83. The molecule has 1 rings (SSSR count). The topological polar surface area (TPSA) is 30.5 Å². The van der Waals surface area contributed by atoms with Crippen molar-refractivity contribution in [3.05, 3.63) is 0 Å². The third kappa shape index (κ3) is 6.72. The average Bonchev–Trinajstić information content (AvgIpc) is 2.25. The molecule has 0 radical (unpaired) electrons. The summed E-state index contributed by atoms with van der Waals surface area (Å²) in [4.78, 5) is 0. The highest BCUT2D eigenvalue weighted by atomic mass is 16.5. The molecule has 1 aliphatic rings. The van der Waals surface area contributed by atoms with Gasteiger partial charge in [0.15, 0.2) is 0 Å². The summed E-state index contributed by atoms with van der Waals surface area (Å²) in [6.45, 7) is 10.7. The summed E-state index contributed by atoms with van der Waals surface area (Å²) in [7, 11) is 1.73. The van der Waals surface area contributed by atoms with Gasteiger partial charge >= 0.3 is 0 Å². The monoisotopic (exact) mass is 257 g/mol. The average molecular weight is 257 g/mol. The van der Waals surface area contributed by atoms with Crippen LogP contribution in [-0.2, 0) is 9.47 Å². The van der Waals surface area contributed by atoms with Crippen LogP contribution >= 0.6 is 0 Å². The second-order valence-corrected chi connectivity index (χ2v) is 6.50. The molecule has 0 saturated heterocycles. The van der Waals surface area contributed by atoms with Gasteiger partial charge in [0.2, 0.25) is 0 Å². The predicted octanol–water partition coefficient (Wildman–Crippen LogP) is 2.84. The summed E-state index contributed by atoms with van der Waals surface area (Å²) >= 11 is 0. The fraction of sp³-hybridized carbons (Fsp3) is 1.00. The molecule has 0 bridgehead atoms. The van der Waals surface area contributed by atoms with Crippen LogP contribution < -0.4 is 5.32 Å². The third-order valence-corrected chi connectivity index (χ3v) is 3.68. The van der Waals surface area contributed by atoms with Gasteiger partial charge in [0, 0.05) is 20.3 Å². The maximum Gasteiger partial charge on any atom is 0.0587 e. The van der Waals surface area contributed by atoms with Gasteiger partial charge in [-0.15, -0.1) is 0 Å². The first kappa shape index (κ1) is 15.9. The molecule has 108 valence electrons. The minimum Gasteiger partial charge on any atom is -0.383 e. The zero-order valence-corrected chi connectivity index (χ0v) is 12.6. The van der Waals surface area contributed by atoms with Crippen LogP contribution in [0.2, 0.25) is 0 Å². The van der Waals surface area contributed by atoms with Crippen LogP contribution in [0.15, 0.2) is 0 Å². The zero-order chi connectivity index (χ0) is 13.4. The molecule has 1 saturated carbocycles. The number of hydrogen-bond donors (Lipinski definition) is 1. The van der Waals surface area contributed by atoms with Crippen molar-refractivity contribution in [3.8, 4) is 0 Å². The van der Waals surface area contributed by atoms with Crippen LogP contribution in [0.25, 0.3) is 0 Å². The van der Waals surface area contributed by atoms with Crippen molar-refractivity contribution in [3.63, 3.8) is 0 Å². The van der Waals surface area contributed by atoms with E-state index in [0.717, 1.165) is 38.6 Å². The van der Waals surface area contributed by atoms with E-state index >= 15 is 0 Å². The van der Waals surface area contributed by atoms with E-state index in [1.54, 1.807) is 7.11 Å². The van der Waals surface area contributed by atoms with E-state index in [1.165, 1.54) is 19.3 Å². The molecule has 3 heteroatoms. The van der Waals surface area contributed by atoms with Gasteiger partial charge in [-0.1, -0.05) is 20.8 Å². The molecule has 0 heterocycles. The van der Waals surface area contributed by atoms with Crippen molar-refractivity contribution in [2.45, 2.75) is 52.6 Å². The van der Waals surface area contributed by atoms with E-state index in [1.807, 2.05) is 0 Å². The summed E-state index contributed by atoms with van der Waals surface area (Å²) in [5.41, 5.74) is 0.457. The normalized spacial score (nSPS) is 27.3. The van der Waals surface area contributed by atoms with Crippen LogP contribution in [0.1, 0.15) is 46.5 Å². The number of methoxy groups -OCH3 is 1. The van der Waals surface area contributed by atoms with Crippen LogP contribution in [0, 0.1) is 11.3 Å². The van der Waals surface area contributed by atoms with E-state index in [9.17, 15) is 0 Å². The minimum atomic E-state index is 0.457. The second-order valence-electron chi connectivity index (χ2n) is 6.50. The lowest BCUT2D eigenvalue weighted by Crippen LogP contribution is -2.33. The standard InChI is InChI=1S/C15H31NO2/c1-13-10-14(12-15(2,3)11-13)18-8-5-6-16-7-9-17-4/h13-14,16H,5-12H2,1-4H3. The third-order valence-electron chi connectivity index (χ3n) is 3.68. The molecule has 0 amide bonds. The number of ether oxygens (including phenoxy) is 2. The maximum absolute atomic E-state index is 6.02. The van der Waals surface area contributed by atoms with Crippen molar-refractivity contribution in [1.82, 2.24) is 5.32 Å². The van der Waals surface area contributed by atoms with Gasteiger partial charge in [-0.3, -0.25) is 0 Å². The van der Waals surface area contributed by atoms with Gasteiger partial charge < -0.3 is 14.8 Å². The first-order valence-electron chi connectivity index (χ1n) is 7.35. The van der Waals surface area contributed by atoms with Crippen molar-refractivity contribution in [2.75, 3.05) is 33.4 Å². The lowest BCUT2D eigenvalue weighted by atomic mass is 9.71. The van der Waals surface area contributed by atoms with Crippen LogP contribution in [-0.4, -0.2) is 39.5 Å². The molecular weight excluding hydrogens is 226 g/mol. The molecule has 0 aromatic heterocycles. The zero-order valence-electron chi connectivity index (χ0n) is 12.6. The largest absolute Gasteiger partial charge is 0.383 e. The number of rotatable bonds is 8. The Morgan fingerprint density at radius 1 is 1.17 bits per heavy atom. The molecule has 3 nitrogen and oxygen atoms in total. The Labute approximate surface area is 113 Å². The summed E-state index contributed by atoms with van der Waals surface area (Å²) < 4.78 is 11.0. The Hall–Kier alpha value is -0.120. The molecule has 0 aliphatic heterocycles. The molecule has 18 heavy (non-hydrogen) atoms. The van der Waals surface area contributed by atoms with Gasteiger partial charge in [-0.2, -0.15) is 0 Å². The molecule has 1 aliphatic carbocycles. The summed E-state index contributed by atoms with van der Waals surface area (Å²) in [5.74, 6) is 0.804. The van der Waals surface area contributed by atoms with Crippen molar-refractivity contribution in [2.24, 2.45) is 11.3 Å². The van der Waals surface area contributed by atoms with Crippen molar-refractivity contribution < 1.29 is 9.47 Å². The number of nitrogens with one attached hydrogen (secondary N) is 1.